The maximum atomic E-state index is 11.0. The number of thiol groups is 1. The molecule has 0 aliphatic heterocycles. The fourth-order valence-electron chi connectivity index (χ4n) is 0.550. The van der Waals surface area contributed by atoms with Crippen LogP contribution in [0, 0.1) is 5.92 Å². The molecule has 0 saturated carbocycles. The lowest BCUT2D eigenvalue weighted by Gasteiger charge is -2.14. The monoisotopic (exact) mass is 176 g/mol. The molecule has 0 heterocycles. The molecule has 0 aromatic rings. The summed E-state index contributed by atoms with van der Waals surface area (Å²) < 4.78 is 5.09. The Morgan fingerprint density at radius 2 is 2.09 bits per heavy atom. The molecule has 3 heteroatoms. The van der Waals surface area contributed by atoms with Gasteiger partial charge in [-0.3, -0.25) is 4.79 Å². The Morgan fingerprint density at radius 1 is 1.55 bits per heavy atom. The van der Waals surface area contributed by atoms with E-state index in [2.05, 4.69) is 12.6 Å². The summed E-state index contributed by atoms with van der Waals surface area (Å²) in [5, 5.41) is 0. The summed E-state index contributed by atoms with van der Waals surface area (Å²) >= 11 is 4.06. The highest BCUT2D eigenvalue weighted by molar-refractivity contribution is 7.80. The highest BCUT2D eigenvalue weighted by Crippen LogP contribution is 2.04. The van der Waals surface area contributed by atoms with E-state index in [0.29, 0.717) is 5.75 Å². The predicted molar refractivity (Wildman–Crippen MR) is 48.9 cm³/mol. The van der Waals surface area contributed by atoms with E-state index in [0.717, 1.165) is 6.42 Å². The smallest absolute Gasteiger partial charge is 0.308 e. The number of rotatable bonds is 4. The lowest BCUT2D eigenvalue weighted by Crippen LogP contribution is -2.22. The SMILES string of the molecule is CCC(CS)OC(=O)C(C)C. The Balaban J connectivity index is 3.72. The Labute approximate surface area is 73.7 Å². The third-order valence-electron chi connectivity index (χ3n) is 1.41. The topological polar surface area (TPSA) is 26.3 Å². The van der Waals surface area contributed by atoms with Crippen LogP contribution >= 0.6 is 12.6 Å². The molecule has 0 radical (unpaired) electrons. The molecule has 0 aliphatic carbocycles. The quantitative estimate of drug-likeness (QED) is 0.523. The van der Waals surface area contributed by atoms with Gasteiger partial charge in [-0.15, -0.1) is 0 Å². The Morgan fingerprint density at radius 3 is 2.36 bits per heavy atom. The standard InChI is InChI=1S/C8H16O2S/c1-4-7(5-11)10-8(9)6(2)3/h6-7,11H,4-5H2,1-3H3. The van der Waals surface area contributed by atoms with Gasteiger partial charge in [0.2, 0.25) is 0 Å². The molecule has 2 nitrogen and oxygen atoms in total. The van der Waals surface area contributed by atoms with E-state index >= 15 is 0 Å². The van der Waals surface area contributed by atoms with Crippen LogP contribution in [0.1, 0.15) is 27.2 Å². The van der Waals surface area contributed by atoms with E-state index in [4.69, 9.17) is 4.74 Å². The van der Waals surface area contributed by atoms with Crippen molar-refractivity contribution in [1.29, 1.82) is 0 Å². The lowest BCUT2D eigenvalue weighted by atomic mass is 10.2. The summed E-state index contributed by atoms with van der Waals surface area (Å²) in [5.41, 5.74) is 0. The van der Waals surface area contributed by atoms with Crippen LogP contribution in [0.2, 0.25) is 0 Å². The summed E-state index contributed by atoms with van der Waals surface area (Å²) in [5.74, 6) is 0.435. The molecule has 66 valence electrons. The van der Waals surface area contributed by atoms with Crippen LogP contribution in [0.5, 0.6) is 0 Å². The zero-order chi connectivity index (χ0) is 8.85. The molecule has 0 N–H and O–H groups in total. The first-order valence-electron chi connectivity index (χ1n) is 3.93. The number of hydrogen-bond acceptors (Lipinski definition) is 3. The second-order valence-corrected chi connectivity index (χ2v) is 3.17. The summed E-state index contributed by atoms with van der Waals surface area (Å²) in [6, 6.07) is 0. The Kier molecular flexibility index (Phi) is 5.38. The molecular formula is C8H16O2S. The van der Waals surface area contributed by atoms with Gasteiger partial charge in [-0.1, -0.05) is 20.8 Å². The second-order valence-electron chi connectivity index (χ2n) is 2.80. The molecule has 0 aromatic heterocycles. The van der Waals surface area contributed by atoms with Crippen LogP contribution in [0.3, 0.4) is 0 Å². The van der Waals surface area contributed by atoms with Gasteiger partial charge in [-0.2, -0.15) is 12.6 Å². The molecule has 0 aliphatic rings. The van der Waals surface area contributed by atoms with Crippen LogP contribution in [-0.2, 0) is 9.53 Å². The van der Waals surface area contributed by atoms with Crippen molar-refractivity contribution in [3.8, 4) is 0 Å². The average Bonchev–Trinajstić information content (AvgIpc) is 1.99. The van der Waals surface area contributed by atoms with Crippen LogP contribution in [-0.4, -0.2) is 17.8 Å². The van der Waals surface area contributed by atoms with Crippen molar-refractivity contribution < 1.29 is 9.53 Å². The van der Waals surface area contributed by atoms with E-state index in [-0.39, 0.29) is 18.0 Å². The number of hydrogen-bond donors (Lipinski definition) is 1. The van der Waals surface area contributed by atoms with Gasteiger partial charge in [-0.25, -0.2) is 0 Å². The zero-order valence-electron chi connectivity index (χ0n) is 7.33. The molecule has 0 amide bonds. The molecule has 1 atom stereocenters. The normalized spacial score (nSPS) is 13.2. The third-order valence-corrected chi connectivity index (χ3v) is 1.82. The van der Waals surface area contributed by atoms with Crippen LogP contribution in [0.15, 0.2) is 0 Å². The Hall–Kier alpha value is -0.180. The van der Waals surface area contributed by atoms with Crippen molar-refractivity contribution in [1.82, 2.24) is 0 Å². The van der Waals surface area contributed by atoms with Crippen molar-refractivity contribution in [2.24, 2.45) is 5.92 Å². The molecule has 0 bridgehead atoms. The van der Waals surface area contributed by atoms with Gasteiger partial charge in [0.1, 0.15) is 6.10 Å². The fraction of sp³-hybridized carbons (Fsp3) is 0.875. The van der Waals surface area contributed by atoms with Gasteiger partial charge >= 0.3 is 5.97 Å². The maximum Gasteiger partial charge on any atom is 0.308 e. The largest absolute Gasteiger partial charge is 0.461 e. The highest BCUT2D eigenvalue weighted by Gasteiger charge is 2.13. The van der Waals surface area contributed by atoms with Crippen molar-refractivity contribution in [2.75, 3.05) is 5.75 Å². The molecule has 0 spiro atoms. The molecule has 0 aromatic carbocycles. The molecule has 0 fully saturated rings. The van der Waals surface area contributed by atoms with Gasteiger partial charge in [-0.05, 0) is 6.42 Å². The number of ether oxygens (including phenoxy) is 1. The van der Waals surface area contributed by atoms with Crippen LogP contribution < -0.4 is 0 Å². The van der Waals surface area contributed by atoms with Gasteiger partial charge < -0.3 is 4.74 Å². The van der Waals surface area contributed by atoms with E-state index in [1.165, 1.54) is 0 Å². The van der Waals surface area contributed by atoms with Gasteiger partial charge in [0.15, 0.2) is 0 Å². The first kappa shape index (κ1) is 10.8. The molecular weight excluding hydrogens is 160 g/mol. The summed E-state index contributed by atoms with van der Waals surface area (Å²) in [6.45, 7) is 5.63. The number of carbonyl (C=O) groups excluding carboxylic acids is 1. The van der Waals surface area contributed by atoms with Crippen molar-refractivity contribution in [3.05, 3.63) is 0 Å². The fourth-order valence-corrected chi connectivity index (χ4v) is 0.883. The summed E-state index contributed by atoms with van der Waals surface area (Å²) in [6.07, 6.45) is 0.815. The molecule has 11 heavy (non-hydrogen) atoms. The molecule has 0 rings (SSSR count). The predicted octanol–water partition coefficient (Wildman–Crippen LogP) is 1.89. The van der Waals surface area contributed by atoms with Crippen molar-refractivity contribution in [2.45, 2.75) is 33.3 Å². The second kappa shape index (κ2) is 5.47. The minimum absolute atomic E-state index is 0.0202. The summed E-state index contributed by atoms with van der Waals surface area (Å²) in [4.78, 5) is 11.0. The van der Waals surface area contributed by atoms with E-state index in [9.17, 15) is 4.79 Å². The van der Waals surface area contributed by atoms with E-state index in [1.807, 2.05) is 20.8 Å². The first-order chi connectivity index (χ1) is 5.11. The van der Waals surface area contributed by atoms with Crippen molar-refractivity contribution in [3.63, 3.8) is 0 Å². The van der Waals surface area contributed by atoms with Crippen LogP contribution in [0.25, 0.3) is 0 Å². The Bertz CT molecular complexity index is 119. The maximum absolute atomic E-state index is 11.0. The highest BCUT2D eigenvalue weighted by atomic mass is 32.1. The van der Waals surface area contributed by atoms with Gasteiger partial charge in [0.25, 0.3) is 0 Å². The van der Waals surface area contributed by atoms with Crippen LogP contribution in [0.4, 0.5) is 0 Å². The van der Waals surface area contributed by atoms with Crippen molar-refractivity contribution >= 4 is 18.6 Å². The average molecular weight is 176 g/mol. The number of esters is 1. The molecule has 1 unspecified atom stereocenters. The van der Waals surface area contributed by atoms with Gasteiger partial charge in [0, 0.05) is 5.75 Å². The molecule has 0 saturated heterocycles. The van der Waals surface area contributed by atoms with Gasteiger partial charge in [0.05, 0.1) is 5.92 Å². The zero-order valence-corrected chi connectivity index (χ0v) is 8.23. The summed E-state index contributed by atoms with van der Waals surface area (Å²) in [7, 11) is 0. The third kappa shape index (κ3) is 4.30. The minimum Gasteiger partial charge on any atom is -0.461 e. The number of carbonyl (C=O) groups is 1. The lowest BCUT2D eigenvalue weighted by molar-refractivity contribution is -0.151. The minimum atomic E-state index is -0.133. The van der Waals surface area contributed by atoms with E-state index < -0.39 is 0 Å². The first-order valence-corrected chi connectivity index (χ1v) is 4.56. The van der Waals surface area contributed by atoms with E-state index in [1.54, 1.807) is 0 Å².